The van der Waals surface area contributed by atoms with Crippen molar-refractivity contribution in [2.45, 2.75) is 30.6 Å². The quantitative estimate of drug-likeness (QED) is 0.905. The van der Waals surface area contributed by atoms with E-state index in [-0.39, 0.29) is 11.3 Å². The van der Waals surface area contributed by atoms with E-state index < -0.39 is 9.84 Å². The van der Waals surface area contributed by atoms with Gasteiger partial charge in [-0.2, -0.15) is 0 Å². The van der Waals surface area contributed by atoms with Crippen LogP contribution in [0.2, 0.25) is 0 Å². The van der Waals surface area contributed by atoms with Crippen LogP contribution >= 0.6 is 0 Å². The van der Waals surface area contributed by atoms with Crippen molar-refractivity contribution in [1.82, 2.24) is 5.32 Å². The SMILES string of the molecule is CCNCC1(C2CS(=O)(=O)c3ccccc32)CC1. The first-order valence-corrected chi connectivity index (χ1v) is 8.27. The molecule has 1 heterocycles. The summed E-state index contributed by atoms with van der Waals surface area (Å²) in [5.74, 6) is 0.496. The van der Waals surface area contributed by atoms with E-state index in [1.54, 1.807) is 6.07 Å². The summed E-state index contributed by atoms with van der Waals surface area (Å²) in [5.41, 5.74) is 1.24. The van der Waals surface area contributed by atoms with Crippen molar-refractivity contribution in [3.8, 4) is 0 Å². The fraction of sp³-hybridized carbons (Fsp3) is 0.571. The topological polar surface area (TPSA) is 46.2 Å². The van der Waals surface area contributed by atoms with Gasteiger partial charge in [0.05, 0.1) is 10.6 Å². The zero-order chi connectivity index (χ0) is 12.8. The van der Waals surface area contributed by atoms with Crippen molar-refractivity contribution in [2.24, 2.45) is 5.41 Å². The molecule has 1 aliphatic carbocycles. The van der Waals surface area contributed by atoms with E-state index in [1.807, 2.05) is 18.2 Å². The van der Waals surface area contributed by atoms with E-state index >= 15 is 0 Å². The van der Waals surface area contributed by atoms with Crippen molar-refractivity contribution < 1.29 is 8.42 Å². The van der Waals surface area contributed by atoms with Crippen LogP contribution in [0.25, 0.3) is 0 Å². The van der Waals surface area contributed by atoms with Crippen molar-refractivity contribution in [1.29, 1.82) is 0 Å². The van der Waals surface area contributed by atoms with E-state index in [0.717, 1.165) is 31.5 Å². The Bertz CT molecular complexity index is 561. The Morgan fingerprint density at radius 3 is 2.72 bits per heavy atom. The van der Waals surface area contributed by atoms with Crippen LogP contribution in [0.5, 0.6) is 0 Å². The molecule has 4 heteroatoms. The van der Waals surface area contributed by atoms with Gasteiger partial charge in [0.2, 0.25) is 0 Å². The highest BCUT2D eigenvalue weighted by Gasteiger charge is 2.54. The molecule has 2 aliphatic rings. The van der Waals surface area contributed by atoms with Gasteiger partial charge in [0.1, 0.15) is 0 Å². The summed E-state index contributed by atoms with van der Waals surface area (Å²) >= 11 is 0. The lowest BCUT2D eigenvalue weighted by Gasteiger charge is -2.23. The first-order valence-electron chi connectivity index (χ1n) is 6.61. The van der Waals surface area contributed by atoms with Gasteiger partial charge in [0.25, 0.3) is 0 Å². The molecule has 3 rings (SSSR count). The van der Waals surface area contributed by atoms with Crippen molar-refractivity contribution in [3.05, 3.63) is 29.8 Å². The van der Waals surface area contributed by atoms with Crippen LogP contribution in [0.1, 0.15) is 31.2 Å². The van der Waals surface area contributed by atoms with E-state index in [9.17, 15) is 8.42 Å². The third-order valence-corrected chi connectivity index (χ3v) is 6.19. The molecule has 1 saturated carbocycles. The van der Waals surface area contributed by atoms with Crippen LogP contribution in [0.4, 0.5) is 0 Å². The molecule has 1 unspecified atom stereocenters. The summed E-state index contributed by atoms with van der Waals surface area (Å²) in [6, 6.07) is 7.53. The Morgan fingerprint density at radius 1 is 1.33 bits per heavy atom. The summed E-state index contributed by atoms with van der Waals surface area (Å²) in [4.78, 5) is 0.567. The second-order valence-electron chi connectivity index (χ2n) is 5.51. The second kappa shape index (κ2) is 4.07. The van der Waals surface area contributed by atoms with Gasteiger partial charge in [-0.3, -0.25) is 0 Å². The summed E-state index contributed by atoms with van der Waals surface area (Å²) in [7, 11) is -3.05. The number of sulfone groups is 1. The zero-order valence-corrected chi connectivity index (χ0v) is 11.5. The minimum atomic E-state index is -3.05. The molecular formula is C14H19NO2S. The van der Waals surface area contributed by atoms with Crippen LogP contribution in [-0.4, -0.2) is 27.3 Å². The molecule has 18 heavy (non-hydrogen) atoms. The largest absolute Gasteiger partial charge is 0.316 e. The molecule has 0 bridgehead atoms. The van der Waals surface area contributed by atoms with Gasteiger partial charge in [-0.1, -0.05) is 25.1 Å². The number of benzene rings is 1. The molecule has 1 fully saturated rings. The molecular weight excluding hydrogens is 246 g/mol. The molecule has 3 nitrogen and oxygen atoms in total. The predicted molar refractivity (Wildman–Crippen MR) is 71.4 cm³/mol. The highest BCUT2D eigenvalue weighted by molar-refractivity contribution is 7.91. The number of hydrogen-bond donors (Lipinski definition) is 1. The third-order valence-electron chi connectivity index (χ3n) is 4.37. The molecule has 0 radical (unpaired) electrons. The van der Waals surface area contributed by atoms with Gasteiger partial charge in [-0.25, -0.2) is 8.42 Å². The first kappa shape index (κ1) is 12.2. The number of hydrogen-bond acceptors (Lipinski definition) is 3. The Labute approximate surface area is 109 Å². The monoisotopic (exact) mass is 265 g/mol. The number of nitrogens with one attached hydrogen (secondary N) is 1. The van der Waals surface area contributed by atoms with Crippen LogP contribution in [0, 0.1) is 5.41 Å². The van der Waals surface area contributed by atoms with Crippen LogP contribution in [-0.2, 0) is 9.84 Å². The summed E-state index contributed by atoms with van der Waals surface area (Å²) in [6.07, 6.45) is 2.29. The maximum Gasteiger partial charge on any atom is 0.179 e. The minimum absolute atomic E-state index is 0.190. The lowest BCUT2D eigenvalue weighted by Crippen LogP contribution is -2.29. The molecule has 1 aromatic carbocycles. The van der Waals surface area contributed by atoms with Gasteiger partial charge in [-0.05, 0) is 36.4 Å². The van der Waals surface area contributed by atoms with Crippen LogP contribution in [0.3, 0.4) is 0 Å². The average Bonchev–Trinajstić information content (AvgIpc) is 3.09. The molecule has 0 aromatic heterocycles. The summed E-state index contributed by atoms with van der Waals surface area (Å²) in [6.45, 7) is 3.98. The average molecular weight is 265 g/mol. The zero-order valence-electron chi connectivity index (χ0n) is 10.6. The van der Waals surface area contributed by atoms with E-state index in [0.29, 0.717) is 10.6 Å². The van der Waals surface area contributed by atoms with Crippen LogP contribution in [0.15, 0.2) is 29.2 Å². The van der Waals surface area contributed by atoms with Gasteiger partial charge in [-0.15, -0.1) is 0 Å². The predicted octanol–water partition coefficient (Wildman–Crippen LogP) is 1.95. The molecule has 0 spiro atoms. The van der Waals surface area contributed by atoms with E-state index in [4.69, 9.17) is 0 Å². The molecule has 1 N–H and O–H groups in total. The molecule has 1 aliphatic heterocycles. The Kier molecular flexibility index (Phi) is 2.75. The molecule has 98 valence electrons. The maximum absolute atomic E-state index is 12.2. The third kappa shape index (κ3) is 1.79. The highest BCUT2D eigenvalue weighted by Crippen LogP contribution is 2.59. The van der Waals surface area contributed by atoms with Gasteiger partial charge in [0.15, 0.2) is 9.84 Å². The molecule has 0 amide bonds. The maximum atomic E-state index is 12.2. The Balaban J connectivity index is 1.97. The first-order chi connectivity index (χ1) is 8.59. The lowest BCUT2D eigenvalue weighted by atomic mass is 9.84. The number of rotatable bonds is 4. The van der Waals surface area contributed by atoms with E-state index in [2.05, 4.69) is 12.2 Å². The lowest BCUT2D eigenvalue weighted by molar-refractivity contribution is 0.400. The molecule has 1 aromatic rings. The smallest absolute Gasteiger partial charge is 0.179 e. The normalized spacial score (nSPS) is 26.8. The van der Waals surface area contributed by atoms with Gasteiger partial charge < -0.3 is 5.32 Å². The van der Waals surface area contributed by atoms with Gasteiger partial charge >= 0.3 is 0 Å². The summed E-state index contributed by atoms with van der Waals surface area (Å²) < 4.78 is 24.4. The van der Waals surface area contributed by atoms with Crippen molar-refractivity contribution in [2.75, 3.05) is 18.8 Å². The van der Waals surface area contributed by atoms with Crippen molar-refractivity contribution >= 4 is 9.84 Å². The standard InChI is InChI=1S/C14H19NO2S/c1-2-15-10-14(7-8-14)12-9-18(16,17)13-6-4-3-5-11(12)13/h3-6,12,15H,2,7-10H2,1H3. The second-order valence-corrected chi connectivity index (χ2v) is 7.52. The van der Waals surface area contributed by atoms with Crippen LogP contribution < -0.4 is 5.32 Å². The van der Waals surface area contributed by atoms with Gasteiger partial charge in [0, 0.05) is 12.5 Å². The number of fused-ring (bicyclic) bond motifs is 1. The molecule has 0 saturated heterocycles. The fourth-order valence-electron chi connectivity index (χ4n) is 3.14. The fourth-order valence-corrected chi connectivity index (χ4v) is 5.15. The molecule has 1 atom stereocenters. The minimum Gasteiger partial charge on any atom is -0.316 e. The van der Waals surface area contributed by atoms with Crippen molar-refractivity contribution in [3.63, 3.8) is 0 Å². The summed E-state index contributed by atoms with van der Waals surface area (Å²) in [5, 5.41) is 3.39. The Hall–Kier alpha value is -0.870. The Morgan fingerprint density at radius 2 is 2.06 bits per heavy atom. The van der Waals surface area contributed by atoms with E-state index in [1.165, 1.54) is 0 Å². The highest BCUT2D eigenvalue weighted by atomic mass is 32.2.